The Bertz CT molecular complexity index is 695. The Kier molecular flexibility index (Phi) is 5.30. The van der Waals surface area contributed by atoms with Gasteiger partial charge in [-0.25, -0.2) is 26.7 Å². The van der Waals surface area contributed by atoms with Gasteiger partial charge >= 0.3 is 0 Å². The molecule has 0 bridgehead atoms. The minimum Gasteiger partial charge on any atom is -0.338 e. The normalized spacial score (nSPS) is 19.2. The summed E-state index contributed by atoms with van der Waals surface area (Å²) in [5.41, 5.74) is -0.796. The molecule has 1 aromatic rings. The van der Waals surface area contributed by atoms with Crippen LogP contribution in [0.25, 0.3) is 0 Å². The Morgan fingerprint density at radius 2 is 2.09 bits per heavy atom. The lowest BCUT2D eigenvalue weighted by atomic mass is 9.99. The Hall–Kier alpha value is -1.61. The summed E-state index contributed by atoms with van der Waals surface area (Å²) in [4.78, 5) is 13.7. The van der Waals surface area contributed by atoms with Crippen LogP contribution in [0.4, 0.5) is 13.2 Å². The van der Waals surface area contributed by atoms with E-state index in [1.807, 2.05) is 0 Å². The number of benzene rings is 1. The number of amides is 1. The van der Waals surface area contributed by atoms with E-state index in [4.69, 9.17) is 5.14 Å². The van der Waals surface area contributed by atoms with Gasteiger partial charge in [0.1, 0.15) is 5.82 Å². The van der Waals surface area contributed by atoms with E-state index in [0.717, 1.165) is 18.2 Å². The van der Waals surface area contributed by atoms with Gasteiger partial charge in [0, 0.05) is 18.7 Å². The maximum absolute atomic E-state index is 13.6. The van der Waals surface area contributed by atoms with Gasteiger partial charge < -0.3 is 4.90 Å². The molecule has 1 atom stereocenters. The fourth-order valence-electron chi connectivity index (χ4n) is 2.73. The number of sulfonamides is 1. The number of carbonyl (C=O) groups is 1. The van der Waals surface area contributed by atoms with Crippen molar-refractivity contribution in [1.82, 2.24) is 4.90 Å². The molecule has 128 valence electrons. The largest absolute Gasteiger partial charge is 0.338 e. The molecule has 1 aliphatic heterocycles. The quantitative estimate of drug-likeness (QED) is 0.901. The average molecular weight is 350 g/mol. The molecule has 1 aromatic carbocycles. The Morgan fingerprint density at radius 1 is 1.39 bits per heavy atom. The Balaban J connectivity index is 2.12. The lowest BCUT2D eigenvalue weighted by Gasteiger charge is -2.32. The number of halogens is 3. The van der Waals surface area contributed by atoms with Crippen LogP contribution in [0.3, 0.4) is 0 Å². The zero-order chi connectivity index (χ0) is 17.2. The van der Waals surface area contributed by atoms with Crippen molar-refractivity contribution in [1.29, 1.82) is 0 Å². The molecule has 1 amide bonds. The summed E-state index contributed by atoms with van der Waals surface area (Å²) < 4.78 is 60.9. The van der Waals surface area contributed by atoms with Crippen LogP contribution in [0.1, 0.15) is 35.2 Å². The van der Waals surface area contributed by atoms with Crippen LogP contribution in [0.15, 0.2) is 18.2 Å². The summed E-state index contributed by atoms with van der Waals surface area (Å²) in [7, 11) is -3.64. The highest BCUT2D eigenvalue weighted by atomic mass is 32.2. The molecule has 0 aromatic heterocycles. The zero-order valence-electron chi connectivity index (χ0n) is 12.2. The standard InChI is InChI=1S/C14H17F3N2O3S/c15-12-6-10(3-4-11(12)13(16)17)14(20)19-5-1-2-9(7-19)8-23(18,21)22/h3-4,6,9,13H,1-2,5,7-8H2,(H2,18,21,22). The van der Waals surface area contributed by atoms with Crippen LogP contribution in [-0.4, -0.2) is 38.1 Å². The number of likely N-dealkylation sites (tertiary alicyclic amines) is 1. The first-order valence-electron chi connectivity index (χ1n) is 7.04. The highest BCUT2D eigenvalue weighted by Crippen LogP contribution is 2.24. The van der Waals surface area contributed by atoms with Gasteiger partial charge in [-0.2, -0.15) is 0 Å². The predicted octanol–water partition coefficient (Wildman–Crippen LogP) is 1.90. The van der Waals surface area contributed by atoms with Crippen LogP contribution >= 0.6 is 0 Å². The highest BCUT2D eigenvalue weighted by Gasteiger charge is 2.27. The van der Waals surface area contributed by atoms with Crippen LogP contribution in [0.2, 0.25) is 0 Å². The van der Waals surface area contributed by atoms with E-state index in [0.29, 0.717) is 19.4 Å². The third-order valence-electron chi connectivity index (χ3n) is 3.76. The van der Waals surface area contributed by atoms with E-state index >= 15 is 0 Å². The van der Waals surface area contributed by atoms with E-state index < -0.39 is 33.7 Å². The van der Waals surface area contributed by atoms with Gasteiger partial charge in [0.25, 0.3) is 12.3 Å². The second kappa shape index (κ2) is 6.88. The lowest BCUT2D eigenvalue weighted by Crippen LogP contribution is -2.42. The van der Waals surface area contributed by atoms with Crippen molar-refractivity contribution in [3.05, 3.63) is 35.1 Å². The maximum atomic E-state index is 13.6. The molecule has 9 heteroatoms. The van der Waals surface area contributed by atoms with Crippen LogP contribution in [0.5, 0.6) is 0 Å². The number of hydrogen-bond donors (Lipinski definition) is 1. The molecule has 1 aliphatic rings. The monoisotopic (exact) mass is 350 g/mol. The number of piperidine rings is 1. The summed E-state index contributed by atoms with van der Waals surface area (Å²) in [5.74, 6) is -2.16. The van der Waals surface area contributed by atoms with E-state index in [1.54, 1.807) is 0 Å². The number of rotatable bonds is 4. The number of primary sulfonamides is 1. The molecule has 5 nitrogen and oxygen atoms in total. The Morgan fingerprint density at radius 3 is 2.65 bits per heavy atom. The summed E-state index contributed by atoms with van der Waals surface area (Å²) >= 11 is 0. The molecular weight excluding hydrogens is 333 g/mol. The van der Waals surface area contributed by atoms with E-state index in [-0.39, 0.29) is 23.8 Å². The summed E-state index contributed by atoms with van der Waals surface area (Å²) in [5, 5.41) is 5.01. The number of hydrogen-bond acceptors (Lipinski definition) is 3. The smallest absolute Gasteiger partial charge is 0.266 e. The van der Waals surface area contributed by atoms with Gasteiger partial charge in [0.05, 0.1) is 11.3 Å². The lowest BCUT2D eigenvalue weighted by molar-refractivity contribution is 0.0683. The molecule has 0 aliphatic carbocycles. The van der Waals surface area contributed by atoms with Gasteiger partial charge in [-0.15, -0.1) is 0 Å². The first kappa shape index (κ1) is 17.7. The average Bonchev–Trinajstić information content (AvgIpc) is 2.44. The topological polar surface area (TPSA) is 80.5 Å². The van der Waals surface area contributed by atoms with Gasteiger partial charge in [-0.1, -0.05) is 0 Å². The SMILES string of the molecule is NS(=O)(=O)CC1CCCN(C(=O)c2ccc(C(F)F)c(F)c2)C1. The minimum atomic E-state index is -3.64. The summed E-state index contributed by atoms with van der Waals surface area (Å²) in [6, 6.07) is 2.82. The van der Waals surface area contributed by atoms with E-state index in [2.05, 4.69) is 0 Å². The number of nitrogens with two attached hydrogens (primary N) is 1. The molecule has 2 N–H and O–H groups in total. The molecule has 0 saturated carbocycles. The van der Waals surface area contributed by atoms with E-state index in [9.17, 15) is 26.4 Å². The summed E-state index contributed by atoms with van der Waals surface area (Å²) in [6.45, 7) is 0.589. The van der Waals surface area contributed by atoms with Crippen LogP contribution < -0.4 is 5.14 Å². The number of alkyl halides is 2. The third-order valence-corrected chi connectivity index (χ3v) is 4.69. The van der Waals surface area contributed by atoms with Crippen LogP contribution in [-0.2, 0) is 10.0 Å². The maximum Gasteiger partial charge on any atom is 0.266 e. The van der Waals surface area contributed by atoms with Crippen molar-refractivity contribution in [2.45, 2.75) is 19.3 Å². The molecule has 0 radical (unpaired) electrons. The van der Waals surface area contributed by atoms with E-state index in [1.165, 1.54) is 4.90 Å². The molecule has 23 heavy (non-hydrogen) atoms. The van der Waals surface area contributed by atoms with Crippen molar-refractivity contribution < 1.29 is 26.4 Å². The van der Waals surface area contributed by atoms with Crippen molar-refractivity contribution in [2.75, 3.05) is 18.8 Å². The van der Waals surface area contributed by atoms with Gasteiger partial charge in [0.15, 0.2) is 0 Å². The fourth-order valence-corrected chi connectivity index (χ4v) is 3.66. The first-order chi connectivity index (χ1) is 10.7. The fraction of sp³-hybridized carbons (Fsp3) is 0.500. The predicted molar refractivity (Wildman–Crippen MR) is 78.0 cm³/mol. The van der Waals surface area contributed by atoms with Crippen molar-refractivity contribution in [3.63, 3.8) is 0 Å². The zero-order valence-corrected chi connectivity index (χ0v) is 13.0. The number of carbonyl (C=O) groups excluding carboxylic acids is 1. The summed E-state index contributed by atoms with van der Waals surface area (Å²) in [6.07, 6.45) is -1.73. The van der Waals surface area contributed by atoms with Crippen LogP contribution in [0, 0.1) is 11.7 Å². The molecule has 1 fully saturated rings. The molecule has 1 saturated heterocycles. The van der Waals surface area contributed by atoms with Crippen molar-refractivity contribution in [3.8, 4) is 0 Å². The molecule has 0 spiro atoms. The highest BCUT2D eigenvalue weighted by molar-refractivity contribution is 7.89. The van der Waals surface area contributed by atoms with Crippen molar-refractivity contribution >= 4 is 15.9 Å². The molecule has 2 rings (SSSR count). The van der Waals surface area contributed by atoms with Crippen molar-refractivity contribution in [2.24, 2.45) is 11.1 Å². The molecule has 1 heterocycles. The first-order valence-corrected chi connectivity index (χ1v) is 8.76. The molecule has 1 unspecified atom stereocenters. The minimum absolute atomic E-state index is 0.0387. The second-order valence-corrected chi connectivity index (χ2v) is 7.28. The molecular formula is C14H17F3N2O3S. The van der Waals surface area contributed by atoms with Gasteiger partial charge in [0.2, 0.25) is 10.0 Å². The van der Waals surface area contributed by atoms with Gasteiger partial charge in [-0.3, -0.25) is 4.79 Å². The second-order valence-electron chi connectivity index (χ2n) is 5.63. The number of nitrogens with zero attached hydrogens (tertiary/aromatic N) is 1. The third kappa shape index (κ3) is 4.68. The van der Waals surface area contributed by atoms with Gasteiger partial charge in [-0.05, 0) is 37.0 Å². The Labute approximate surface area is 132 Å².